The molecule has 8 nitrogen and oxygen atoms in total. The second kappa shape index (κ2) is 6.39. The molecule has 3 aromatic rings. The first-order valence-corrected chi connectivity index (χ1v) is 7.86. The lowest BCUT2D eigenvalue weighted by atomic mass is 10.1. The summed E-state index contributed by atoms with van der Waals surface area (Å²) in [5, 5.41) is 25.0. The van der Waals surface area contributed by atoms with Gasteiger partial charge in [0.2, 0.25) is 0 Å². The molecule has 0 spiro atoms. The maximum atomic E-state index is 12.4. The molecule has 0 saturated carbocycles. The summed E-state index contributed by atoms with van der Waals surface area (Å²) < 4.78 is 3.39. The van der Waals surface area contributed by atoms with E-state index < -0.39 is 6.04 Å². The van der Waals surface area contributed by atoms with E-state index in [4.69, 9.17) is 0 Å². The van der Waals surface area contributed by atoms with Crippen LogP contribution >= 0.6 is 0 Å². The molecule has 1 aromatic carbocycles. The monoisotopic (exact) mass is 340 g/mol. The maximum absolute atomic E-state index is 12.4. The third-order valence-electron chi connectivity index (χ3n) is 4.09. The summed E-state index contributed by atoms with van der Waals surface area (Å²) in [4.78, 5) is 12.4. The Hall–Kier alpha value is -3.16. The minimum absolute atomic E-state index is 0.0586. The fourth-order valence-corrected chi connectivity index (χ4v) is 2.58. The molecule has 2 aromatic heterocycles. The van der Waals surface area contributed by atoms with Crippen LogP contribution in [0.4, 0.5) is 0 Å². The lowest BCUT2D eigenvalue weighted by Gasteiger charge is -2.12. The topological polar surface area (TPSA) is 97.9 Å². The summed E-state index contributed by atoms with van der Waals surface area (Å²) in [7, 11) is 3.61. The van der Waals surface area contributed by atoms with Crippen LogP contribution in [0.3, 0.4) is 0 Å². The third-order valence-corrected chi connectivity index (χ3v) is 4.09. The van der Waals surface area contributed by atoms with Gasteiger partial charge in [0, 0.05) is 25.2 Å². The third kappa shape index (κ3) is 3.23. The molecule has 8 heteroatoms. The molecule has 130 valence electrons. The van der Waals surface area contributed by atoms with E-state index in [1.807, 2.05) is 30.7 Å². The number of aryl methyl sites for hydroxylation is 2. The number of carbonyl (C=O) groups excluding carboxylic acids is 1. The molecule has 2 heterocycles. The highest BCUT2D eigenvalue weighted by Crippen LogP contribution is 2.22. The van der Waals surface area contributed by atoms with Gasteiger partial charge >= 0.3 is 0 Å². The van der Waals surface area contributed by atoms with E-state index >= 15 is 0 Å². The molecule has 1 amide bonds. The first kappa shape index (κ1) is 16.7. The van der Waals surface area contributed by atoms with Crippen LogP contribution in [0.2, 0.25) is 0 Å². The lowest BCUT2D eigenvalue weighted by Crippen LogP contribution is -2.27. The second-order valence-electron chi connectivity index (χ2n) is 5.98. The molecule has 0 aliphatic rings. The number of nitrogens with zero attached hydrogens (tertiary/aromatic N) is 5. The molecular formula is C17H20N6O2. The number of hydrogen-bond acceptors (Lipinski definition) is 5. The van der Waals surface area contributed by atoms with Gasteiger partial charge in [-0.1, -0.05) is 12.1 Å². The smallest absolute Gasteiger partial charge is 0.251 e. The van der Waals surface area contributed by atoms with Gasteiger partial charge in [0.15, 0.2) is 11.6 Å². The van der Waals surface area contributed by atoms with Crippen LogP contribution in [0.5, 0.6) is 5.75 Å². The van der Waals surface area contributed by atoms with Crippen molar-refractivity contribution in [2.45, 2.75) is 19.9 Å². The average Bonchev–Trinajstić information content (AvgIpc) is 3.09. The molecule has 0 fully saturated rings. The predicted molar refractivity (Wildman–Crippen MR) is 91.9 cm³/mol. The van der Waals surface area contributed by atoms with Gasteiger partial charge in [0.1, 0.15) is 11.5 Å². The van der Waals surface area contributed by atoms with E-state index in [-0.39, 0.29) is 11.7 Å². The average molecular weight is 340 g/mol. The maximum Gasteiger partial charge on any atom is 0.251 e. The Kier molecular flexibility index (Phi) is 4.26. The van der Waals surface area contributed by atoms with Gasteiger partial charge in [0.25, 0.3) is 5.91 Å². The van der Waals surface area contributed by atoms with Crippen molar-refractivity contribution in [1.29, 1.82) is 0 Å². The molecule has 0 bridgehead atoms. The number of aromatic nitrogens is 5. The Morgan fingerprint density at radius 1 is 1.20 bits per heavy atom. The predicted octanol–water partition coefficient (Wildman–Crippen LogP) is 1.72. The fraction of sp³-hybridized carbons (Fsp3) is 0.294. The van der Waals surface area contributed by atoms with Crippen molar-refractivity contribution in [3.63, 3.8) is 0 Å². The van der Waals surface area contributed by atoms with Gasteiger partial charge in [-0.25, -0.2) is 0 Å². The Labute approximate surface area is 145 Å². The molecule has 25 heavy (non-hydrogen) atoms. The van der Waals surface area contributed by atoms with Crippen molar-refractivity contribution >= 4 is 5.91 Å². The molecular weight excluding hydrogens is 320 g/mol. The van der Waals surface area contributed by atoms with Crippen LogP contribution < -0.4 is 5.32 Å². The molecule has 0 radical (unpaired) electrons. The first-order valence-electron chi connectivity index (χ1n) is 7.86. The SMILES string of the molecule is Cc1nnc(-c2ccc(C(=O)NC(C)c3nn(C)cc3O)cc2)n1C. The van der Waals surface area contributed by atoms with Gasteiger partial charge in [-0.05, 0) is 26.0 Å². The highest BCUT2D eigenvalue weighted by atomic mass is 16.3. The molecule has 0 saturated heterocycles. The summed E-state index contributed by atoms with van der Waals surface area (Å²) in [5.74, 6) is 1.39. The minimum Gasteiger partial charge on any atom is -0.504 e. The molecule has 3 rings (SSSR count). The van der Waals surface area contributed by atoms with Crippen LogP contribution in [0.1, 0.15) is 34.8 Å². The van der Waals surface area contributed by atoms with E-state index in [9.17, 15) is 9.90 Å². The zero-order valence-electron chi connectivity index (χ0n) is 14.6. The van der Waals surface area contributed by atoms with Crippen molar-refractivity contribution in [3.8, 4) is 17.1 Å². The van der Waals surface area contributed by atoms with Crippen molar-refractivity contribution in [2.24, 2.45) is 14.1 Å². The van der Waals surface area contributed by atoms with Crippen molar-refractivity contribution in [1.82, 2.24) is 29.9 Å². The highest BCUT2D eigenvalue weighted by molar-refractivity contribution is 5.94. The summed E-state index contributed by atoms with van der Waals surface area (Å²) in [6, 6.07) is 6.73. The van der Waals surface area contributed by atoms with Gasteiger partial charge in [-0.15, -0.1) is 10.2 Å². The Balaban J connectivity index is 1.75. The van der Waals surface area contributed by atoms with Crippen LogP contribution in [0, 0.1) is 6.92 Å². The van der Waals surface area contributed by atoms with Gasteiger partial charge < -0.3 is 15.0 Å². The largest absolute Gasteiger partial charge is 0.504 e. The van der Waals surface area contributed by atoms with E-state index in [0.29, 0.717) is 11.3 Å². The molecule has 0 aliphatic carbocycles. The lowest BCUT2D eigenvalue weighted by molar-refractivity contribution is 0.0938. The zero-order chi connectivity index (χ0) is 18.1. The summed E-state index contributed by atoms with van der Waals surface area (Å²) in [6.07, 6.45) is 1.50. The summed E-state index contributed by atoms with van der Waals surface area (Å²) in [5.41, 5.74) is 1.84. The van der Waals surface area contributed by atoms with Crippen molar-refractivity contribution < 1.29 is 9.90 Å². The summed E-state index contributed by atoms with van der Waals surface area (Å²) >= 11 is 0. The van der Waals surface area contributed by atoms with Crippen LogP contribution in [-0.4, -0.2) is 35.6 Å². The van der Waals surface area contributed by atoms with Gasteiger partial charge in [-0.2, -0.15) is 5.10 Å². The zero-order valence-corrected chi connectivity index (χ0v) is 14.6. The molecule has 1 atom stereocenters. The quantitative estimate of drug-likeness (QED) is 0.753. The second-order valence-corrected chi connectivity index (χ2v) is 5.98. The van der Waals surface area contributed by atoms with Crippen LogP contribution in [0.15, 0.2) is 30.5 Å². The number of hydrogen-bond donors (Lipinski definition) is 2. The molecule has 1 unspecified atom stereocenters. The fourth-order valence-electron chi connectivity index (χ4n) is 2.58. The van der Waals surface area contributed by atoms with Crippen molar-refractivity contribution in [3.05, 3.63) is 47.5 Å². The normalized spacial score (nSPS) is 12.2. The van der Waals surface area contributed by atoms with Crippen molar-refractivity contribution in [2.75, 3.05) is 0 Å². The molecule has 2 N–H and O–H groups in total. The Morgan fingerprint density at radius 2 is 1.88 bits per heavy atom. The van der Waals surface area contributed by atoms with Gasteiger partial charge in [-0.3, -0.25) is 9.48 Å². The van der Waals surface area contributed by atoms with E-state index in [1.54, 1.807) is 26.1 Å². The Bertz CT molecular complexity index is 910. The van der Waals surface area contributed by atoms with Gasteiger partial charge in [0.05, 0.1) is 12.2 Å². The number of carbonyl (C=O) groups is 1. The standard InChI is InChI=1S/C17H20N6O2/c1-10(15-14(24)9-22(3)21-15)18-17(25)13-7-5-12(6-8-13)16-20-19-11(2)23(16)4/h5-10,24H,1-4H3,(H,18,25). The molecule has 0 aliphatic heterocycles. The first-order chi connectivity index (χ1) is 11.9. The summed E-state index contributed by atoms with van der Waals surface area (Å²) in [6.45, 7) is 3.66. The van der Waals surface area contributed by atoms with E-state index in [2.05, 4.69) is 20.6 Å². The van der Waals surface area contributed by atoms with E-state index in [0.717, 1.165) is 17.2 Å². The Morgan fingerprint density at radius 3 is 2.40 bits per heavy atom. The van der Waals surface area contributed by atoms with Crippen LogP contribution in [-0.2, 0) is 14.1 Å². The number of benzene rings is 1. The minimum atomic E-state index is -0.408. The van der Waals surface area contributed by atoms with Crippen LogP contribution in [0.25, 0.3) is 11.4 Å². The number of aromatic hydroxyl groups is 1. The number of amides is 1. The number of rotatable bonds is 4. The van der Waals surface area contributed by atoms with E-state index in [1.165, 1.54) is 10.9 Å². The number of nitrogens with one attached hydrogen (secondary N) is 1. The highest BCUT2D eigenvalue weighted by Gasteiger charge is 2.18.